The van der Waals surface area contributed by atoms with Gasteiger partial charge in [0.15, 0.2) is 0 Å². The third-order valence-corrected chi connectivity index (χ3v) is 3.26. The van der Waals surface area contributed by atoms with Gasteiger partial charge in [-0.25, -0.2) is 4.68 Å². The fourth-order valence-corrected chi connectivity index (χ4v) is 2.17. The number of nitrogens with zero attached hydrogens (tertiary/aromatic N) is 4. The molecule has 0 fully saturated rings. The Balaban J connectivity index is 1.72. The number of para-hydroxylation sites is 1. The number of nitrogens with one attached hydrogen (secondary N) is 1. The molecule has 0 aliphatic heterocycles. The maximum absolute atomic E-state index is 4.65. The van der Waals surface area contributed by atoms with E-state index in [9.17, 15) is 0 Å². The van der Waals surface area contributed by atoms with E-state index in [4.69, 9.17) is 0 Å². The first kappa shape index (κ1) is 13.7. The van der Waals surface area contributed by atoms with E-state index in [2.05, 4.69) is 46.6 Å². The first-order valence-corrected chi connectivity index (χ1v) is 7.18. The summed E-state index contributed by atoms with van der Waals surface area (Å²) >= 11 is 0. The zero-order valence-corrected chi connectivity index (χ0v) is 12.3. The molecule has 0 bridgehead atoms. The molecule has 3 rings (SSSR count). The van der Waals surface area contributed by atoms with Gasteiger partial charge in [-0.1, -0.05) is 43.3 Å². The summed E-state index contributed by atoms with van der Waals surface area (Å²) in [6.07, 6.45) is 1.96. The summed E-state index contributed by atoms with van der Waals surface area (Å²) in [6, 6.07) is 12.7. The van der Waals surface area contributed by atoms with Crippen LogP contribution >= 0.6 is 0 Å². The number of pyridine rings is 1. The van der Waals surface area contributed by atoms with Crippen LogP contribution in [0.1, 0.15) is 25.2 Å². The van der Waals surface area contributed by atoms with Crippen molar-refractivity contribution < 1.29 is 0 Å². The average molecular weight is 281 g/mol. The largest absolute Gasteiger partial charge is 0.309 e. The summed E-state index contributed by atoms with van der Waals surface area (Å²) in [4.78, 5) is 4.65. The van der Waals surface area contributed by atoms with E-state index in [1.807, 2.05) is 35.1 Å². The topological polar surface area (TPSA) is 55.6 Å². The Labute approximate surface area is 124 Å². The lowest BCUT2D eigenvalue weighted by atomic mass is 10.2. The molecule has 108 valence electrons. The predicted molar refractivity (Wildman–Crippen MR) is 82.8 cm³/mol. The second-order valence-corrected chi connectivity index (χ2v) is 5.44. The number of fused-ring (bicyclic) bond motifs is 1. The molecule has 0 atom stereocenters. The highest BCUT2D eigenvalue weighted by Gasteiger charge is 2.04. The van der Waals surface area contributed by atoms with Crippen molar-refractivity contribution in [3.63, 3.8) is 0 Å². The second-order valence-electron chi connectivity index (χ2n) is 5.44. The van der Waals surface area contributed by atoms with Gasteiger partial charge >= 0.3 is 0 Å². The van der Waals surface area contributed by atoms with Crippen LogP contribution in [0.25, 0.3) is 10.9 Å². The quantitative estimate of drug-likeness (QED) is 0.780. The molecule has 3 aromatic rings. The third-order valence-electron chi connectivity index (χ3n) is 3.26. The first-order valence-electron chi connectivity index (χ1n) is 7.18. The normalized spacial score (nSPS) is 11.4. The molecule has 5 heteroatoms. The maximum Gasteiger partial charge on any atom is 0.0965 e. The van der Waals surface area contributed by atoms with E-state index < -0.39 is 0 Å². The number of aromatic nitrogens is 4. The van der Waals surface area contributed by atoms with Crippen molar-refractivity contribution in [1.29, 1.82) is 0 Å². The Morgan fingerprint density at radius 2 is 1.95 bits per heavy atom. The monoisotopic (exact) mass is 281 g/mol. The Morgan fingerprint density at radius 3 is 2.81 bits per heavy atom. The van der Waals surface area contributed by atoms with Crippen LogP contribution in [0, 0.1) is 0 Å². The van der Waals surface area contributed by atoms with Crippen LogP contribution in [0.5, 0.6) is 0 Å². The van der Waals surface area contributed by atoms with Crippen LogP contribution < -0.4 is 5.32 Å². The minimum atomic E-state index is 0.442. The van der Waals surface area contributed by atoms with Crippen LogP contribution in [-0.2, 0) is 13.1 Å². The second kappa shape index (κ2) is 6.01. The van der Waals surface area contributed by atoms with Gasteiger partial charge in [-0.15, -0.1) is 5.10 Å². The van der Waals surface area contributed by atoms with Gasteiger partial charge in [-0.2, -0.15) is 0 Å². The van der Waals surface area contributed by atoms with E-state index in [1.165, 1.54) is 0 Å². The fourth-order valence-electron chi connectivity index (χ4n) is 2.17. The van der Waals surface area contributed by atoms with Crippen LogP contribution in [-0.4, -0.2) is 26.0 Å². The zero-order chi connectivity index (χ0) is 14.7. The van der Waals surface area contributed by atoms with Crippen molar-refractivity contribution in [3.05, 3.63) is 54.0 Å². The van der Waals surface area contributed by atoms with Crippen LogP contribution in [0.4, 0.5) is 0 Å². The molecule has 1 aromatic carbocycles. The van der Waals surface area contributed by atoms with Crippen LogP contribution in [0.15, 0.2) is 42.6 Å². The van der Waals surface area contributed by atoms with Gasteiger partial charge < -0.3 is 5.32 Å². The number of rotatable bonds is 5. The van der Waals surface area contributed by atoms with E-state index >= 15 is 0 Å². The molecule has 0 spiro atoms. The summed E-state index contributed by atoms with van der Waals surface area (Å²) < 4.78 is 1.83. The van der Waals surface area contributed by atoms with Crippen molar-refractivity contribution in [2.45, 2.75) is 33.0 Å². The van der Waals surface area contributed by atoms with Gasteiger partial charge in [0.05, 0.1) is 29.6 Å². The van der Waals surface area contributed by atoms with Crippen LogP contribution in [0.2, 0.25) is 0 Å². The fraction of sp³-hybridized carbons (Fsp3) is 0.312. The number of hydrogen-bond donors (Lipinski definition) is 1. The average Bonchev–Trinajstić information content (AvgIpc) is 2.92. The van der Waals surface area contributed by atoms with Crippen molar-refractivity contribution in [1.82, 2.24) is 25.3 Å². The minimum absolute atomic E-state index is 0.442. The smallest absolute Gasteiger partial charge is 0.0965 e. The molecule has 0 aliphatic carbocycles. The molecule has 2 aromatic heterocycles. The highest BCUT2D eigenvalue weighted by Crippen LogP contribution is 2.12. The molecule has 2 heterocycles. The van der Waals surface area contributed by atoms with Gasteiger partial charge in [-0.05, 0) is 12.1 Å². The van der Waals surface area contributed by atoms with Gasteiger partial charge in [0.25, 0.3) is 0 Å². The highest BCUT2D eigenvalue weighted by molar-refractivity contribution is 5.78. The Kier molecular flexibility index (Phi) is 3.92. The number of benzene rings is 1. The van der Waals surface area contributed by atoms with E-state index in [1.54, 1.807) is 0 Å². The lowest BCUT2D eigenvalue weighted by Crippen LogP contribution is -2.21. The first-order chi connectivity index (χ1) is 10.2. The molecule has 1 N–H and O–H groups in total. The van der Waals surface area contributed by atoms with Crippen LogP contribution in [0.3, 0.4) is 0 Å². The summed E-state index contributed by atoms with van der Waals surface area (Å²) in [5.41, 5.74) is 2.95. The summed E-state index contributed by atoms with van der Waals surface area (Å²) in [5, 5.41) is 12.8. The molecule has 0 saturated carbocycles. The lowest BCUT2D eigenvalue weighted by Gasteiger charge is -2.04. The van der Waals surface area contributed by atoms with E-state index in [-0.39, 0.29) is 0 Å². The zero-order valence-electron chi connectivity index (χ0n) is 12.3. The minimum Gasteiger partial charge on any atom is -0.309 e. The Morgan fingerprint density at radius 1 is 1.10 bits per heavy atom. The van der Waals surface area contributed by atoms with Gasteiger partial charge in [0, 0.05) is 18.0 Å². The molecule has 21 heavy (non-hydrogen) atoms. The van der Waals surface area contributed by atoms with Crippen molar-refractivity contribution in [3.8, 4) is 0 Å². The van der Waals surface area contributed by atoms with Gasteiger partial charge in [-0.3, -0.25) is 4.98 Å². The lowest BCUT2D eigenvalue weighted by molar-refractivity contribution is 0.580. The predicted octanol–water partition coefficient (Wildman–Crippen LogP) is 2.37. The summed E-state index contributed by atoms with van der Waals surface area (Å²) in [6.45, 7) is 5.61. The number of hydrogen-bond acceptors (Lipinski definition) is 4. The maximum atomic E-state index is 4.65. The Hall–Kier alpha value is -2.27. The van der Waals surface area contributed by atoms with Crippen molar-refractivity contribution in [2.75, 3.05) is 0 Å². The molecular weight excluding hydrogens is 262 g/mol. The third kappa shape index (κ3) is 3.44. The highest BCUT2D eigenvalue weighted by atomic mass is 15.4. The summed E-state index contributed by atoms with van der Waals surface area (Å²) in [5.74, 6) is 0. The molecular formula is C16H19N5. The van der Waals surface area contributed by atoms with Crippen molar-refractivity contribution in [2.24, 2.45) is 0 Å². The molecule has 0 unspecified atom stereocenters. The van der Waals surface area contributed by atoms with E-state index in [0.29, 0.717) is 12.6 Å². The molecule has 5 nitrogen and oxygen atoms in total. The molecule has 0 saturated heterocycles. The molecule has 0 aliphatic rings. The summed E-state index contributed by atoms with van der Waals surface area (Å²) in [7, 11) is 0. The van der Waals surface area contributed by atoms with Crippen molar-refractivity contribution >= 4 is 10.9 Å². The molecule has 0 radical (unpaired) electrons. The standard InChI is InChI=1S/C16H19N5/c1-12(2)17-9-15-11-21(20-19-15)10-14-8-7-13-5-3-4-6-16(13)18-14/h3-8,11-12,17H,9-10H2,1-2H3. The van der Waals surface area contributed by atoms with Gasteiger partial charge in [0.2, 0.25) is 0 Å². The van der Waals surface area contributed by atoms with E-state index in [0.717, 1.165) is 28.8 Å². The molecule has 0 amide bonds. The Bertz CT molecular complexity index is 732. The van der Waals surface area contributed by atoms with Gasteiger partial charge in [0.1, 0.15) is 0 Å². The SMILES string of the molecule is CC(C)NCc1cn(Cc2ccc3ccccc3n2)nn1.